The number of rotatable bonds is 5. The summed E-state index contributed by atoms with van der Waals surface area (Å²) in [6.07, 6.45) is 0.120. The zero-order valence-corrected chi connectivity index (χ0v) is 13.8. The maximum Gasteiger partial charge on any atom is 0.335 e. The molecule has 0 aliphatic rings. The summed E-state index contributed by atoms with van der Waals surface area (Å²) in [6.45, 7) is 0. The molecule has 9 heteroatoms. The van der Waals surface area contributed by atoms with Crippen molar-refractivity contribution < 1.29 is 23.2 Å². The van der Waals surface area contributed by atoms with E-state index >= 15 is 0 Å². The van der Waals surface area contributed by atoms with Gasteiger partial charge in [-0.05, 0) is 40.8 Å². The summed E-state index contributed by atoms with van der Waals surface area (Å²) in [5.41, 5.74) is -1.85. The van der Waals surface area contributed by atoms with Crippen LogP contribution in [0.2, 0.25) is 0 Å². The first-order valence-electron chi connectivity index (χ1n) is 6.11. The molecule has 0 radical (unpaired) electrons. The van der Waals surface area contributed by atoms with E-state index in [2.05, 4.69) is 5.32 Å². The third-order valence-electron chi connectivity index (χ3n) is 2.97. The fourth-order valence-corrected chi connectivity index (χ4v) is 2.39. The summed E-state index contributed by atoms with van der Waals surface area (Å²) in [6, 6.07) is 4.80. The molecule has 0 atom stereocenters. The van der Waals surface area contributed by atoms with Gasteiger partial charge in [0.05, 0.1) is 23.3 Å². The molecule has 0 bridgehead atoms. The van der Waals surface area contributed by atoms with E-state index in [1.165, 1.54) is 12.1 Å². The maximum absolute atomic E-state index is 13.9. The summed E-state index contributed by atoms with van der Waals surface area (Å²) >= 11 is 1.89. The second-order valence-corrected chi connectivity index (χ2v) is 5.57. The lowest BCUT2D eigenvalue weighted by Gasteiger charge is -2.13. The number of carbonyl (C=O) groups is 1. The van der Waals surface area contributed by atoms with Gasteiger partial charge in [-0.1, -0.05) is 0 Å². The van der Waals surface area contributed by atoms with Gasteiger partial charge in [-0.25, -0.2) is 8.78 Å². The van der Waals surface area contributed by atoms with Crippen LogP contribution in [0, 0.1) is 25.3 Å². The molecule has 1 N–H and O–H groups in total. The number of nitrogens with zero attached hydrogens (tertiary/aromatic N) is 1. The summed E-state index contributed by atoms with van der Waals surface area (Å²) in [4.78, 5) is 21.5. The minimum absolute atomic E-state index is 0.120. The fourth-order valence-electron chi connectivity index (χ4n) is 1.94. The number of hydrogen-bond donors (Lipinski definition) is 1. The molecule has 0 saturated carbocycles. The van der Waals surface area contributed by atoms with Crippen molar-refractivity contribution >= 4 is 45.9 Å². The largest absolute Gasteiger partial charge is 0.490 e. The number of halogens is 3. The monoisotopic (exact) mass is 434 g/mol. The smallest absolute Gasteiger partial charge is 0.335 e. The Morgan fingerprint density at radius 3 is 2.52 bits per heavy atom. The van der Waals surface area contributed by atoms with Crippen molar-refractivity contribution in [1.29, 1.82) is 0 Å². The van der Waals surface area contributed by atoms with Gasteiger partial charge in [0.1, 0.15) is 17.3 Å². The SMILES string of the molecule is COc1cc(F)c(C=O)c(Nc2ccc(I)cc2F)c1[N+](=O)[O-]. The summed E-state index contributed by atoms with van der Waals surface area (Å²) in [7, 11) is 1.12. The number of aldehydes is 1. The number of methoxy groups -OCH3 is 1. The fraction of sp³-hybridized carbons (Fsp3) is 0.0714. The van der Waals surface area contributed by atoms with Gasteiger partial charge in [-0.2, -0.15) is 0 Å². The van der Waals surface area contributed by atoms with Crippen molar-refractivity contribution in [3.8, 4) is 5.75 Å². The number of ether oxygens (including phenoxy) is 1. The van der Waals surface area contributed by atoms with Gasteiger partial charge in [0.15, 0.2) is 6.29 Å². The highest BCUT2D eigenvalue weighted by Crippen LogP contribution is 2.40. The molecule has 0 saturated heterocycles. The normalized spacial score (nSPS) is 10.3. The number of nitrogens with one attached hydrogen (secondary N) is 1. The van der Waals surface area contributed by atoms with Crippen LogP contribution in [-0.4, -0.2) is 18.3 Å². The van der Waals surface area contributed by atoms with Crippen LogP contribution in [0.15, 0.2) is 24.3 Å². The highest BCUT2D eigenvalue weighted by Gasteiger charge is 2.28. The zero-order chi connectivity index (χ0) is 17.1. The number of hydrogen-bond acceptors (Lipinski definition) is 5. The van der Waals surface area contributed by atoms with Crippen LogP contribution < -0.4 is 10.1 Å². The Morgan fingerprint density at radius 2 is 2.00 bits per heavy atom. The van der Waals surface area contributed by atoms with E-state index in [9.17, 15) is 23.7 Å². The predicted octanol–water partition coefficient (Wildman–Crippen LogP) is 4.04. The first-order valence-corrected chi connectivity index (χ1v) is 7.19. The molecule has 0 fully saturated rings. The summed E-state index contributed by atoms with van der Waals surface area (Å²) in [5.74, 6) is -2.10. The number of benzene rings is 2. The Morgan fingerprint density at radius 1 is 1.30 bits per heavy atom. The number of nitro benzene ring substituents is 1. The van der Waals surface area contributed by atoms with Crippen molar-refractivity contribution in [3.63, 3.8) is 0 Å². The second-order valence-electron chi connectivity index (χ2n) is 4.32. The lowest BCUT2D eigenvalue weighted by molar-refractivity contribution is -0.384. The molecule has 23 heavy (non-hydrogen) atoms. The van der Waals surface area contributed by atoms with E-state index < -0.39 is 33.5 Å². The minimum Gasteiger partial charge on any atom is -0.490 e. The van der Waals surface area contributed by atoms with E-state index in [1.54, 1.807) is 6.07 Å². The van der Waals surface area contributed by atoms with Crippen molar-refractivity contribution in [3.05, 3.63) is 55.1 Å². The van der Waals surface area contributed by atoms with Gasteiger partial charge in [0.2, 0.25) is 5.75 Å². The molecule has 120 valence electrons. The maximum atomic E-state index is 13.9. The summed E-state index contributed by atoms with van der Waals surface area (Å²) in [5, 5.41) is 13.7. The quantitative estimate of drug-likeness (QED) is 0.333. The van der Waals surface area contributed by atoms with Gasteiger partial charge < -0.3 is 10.1 Å². The van der Waals surface area contributed by atoms with Crippen LogP contribution >= 0.6 is 22.6 Å². The number of anilines is 2. The minimum atomic E-state index is -1.02. The van der Waals surface area contributed by atoms with Gasteiger partial charge in [-0.3, -0.25) is 14.9 Å². The molecular formula is C14H9F2IN2O4. The van der Waals surface area contributed by atoms with Gasteiger partial charge in [-0.15, -0.1) is 0 Å². The molecule has 2 aromatic carbocycles. The third-order valence-corrected chi connectivity index (χ3v) is 3.64. The van der Waals surface area contributed by atoms with Crippen molar-refractivity contribution in [2.75, 3.05) is 12.4 Å². The average Bonchev–Trinajstić information content (AvgIpc) is 2.49. The van der Waals surface area contributed by atoms with Crippen LogP contribution in [-0.2, 0) is 0 Å². The molecule has 6 nitrogen and oxygen atoms in total. The zero-order valence-electron chi connectivity index (χ0n) is 11.6. The lowest BCUT2D eigenvalue weighted by Crippen LogP contribution is -2.06. The van der Waals surface area contributed by atoms with Crippen LogP contribution in [0.4, 0.5) is 25.8 Å². The first-order chi connectivity index (χ1) is 10.9. The van der Waals surface area contributed by atoms with E-state index in [4.69, 9.17) is 4.74 Å². The van der Waals surface area contributed by atoms with Crippen LogP contribution in [0.3, 0.4) is 0 Å². The van der Waals surface area contributed by atoms with E-state index in [-0.39, 0.29) is 17.7 Å². The van der Waals surface area contributed by atoms with E-state index in [1.807, 2.05) is 22.6 Å². The van der Waals surface area contributed by atoms with Crippen LogP contribution in [0.5, 0.6) is 5.75 Å². The number of nitro groups is 1. The molecule has 0 amide bonds. The molecule has 0 unspecified atom stereocenters. The highest BCUT2D eigenvalue weighted by molar-refractivity contribution is 14.1. The molecule has 2 aromatic rings. The van der Waals surface area contributed by atoms with Gasteiger partial charge in [0, 0.05) is 9.64 Å². The Hall–Kier alpha value is -2.30. The Bertz CT molecular complexity index is 799. The van der Waals surface area contributed by atoms with Crippen molar-refractivity contribution in [2.45, 2.75) is 0 Å². The standard InChI is InChI=1S/C14H9F2IN2O4/c1-23-12-5-9(15)8(6-20)13(14(12)19(21)22)18-11-3-2-7(17)4-10(11)16/h2-6,18H,1H3. The lowest BCUT2D eigenvalue weighted by atomic mass is 10.1. The number of carbonyl (C=O) groups excluding carboxylic acids is 1. The molecule has 0 aliphatic carbocycles. The topological polar surface area (TPSA) is 81.5 Å². The average molecular weight is 434 g/mol. The van der Waals surface area contributed by atoms with Crippen molar-refractivity contribution in [2.24, 2.45) is 0 Å². The van der Waals surface area contributed by atoms with E-state index in [0.29, 0.717) is 3.57 Å². The second kappa shape index (κ2) is 6.86. The van der Waals surface area contributed by atoms with Crippen molar-refractivity contribution in [1.82, 2.24) is 0 Å². The molecule has 0 heterocycles. The molecular weight excluding hydrogens is 425 g/mol. The summed E-state index contributed by atoms with van der Waals surface area (Å²) < 4.78 is 33.3. The molecule has 0 aliphatic heterocycles. The van der Waals surface area contributed by atoms with Crippen LogP contribution in [0.1, 0.15) is 10.4 Å². The molecule has 0 spiro atoms. The Kier molecular flexibility index (Phi) is 5.08. The predicted molar refractivity (Wildman–Crippen MR) is 87.4 cm³/mol. The molecule has 2 rings (SSSR count). The Labute approximate surface area is 142 Å². The van der Waals surface area contributed by atoms with Gasteiger partial charge in [0.25, 0.3) is 0 Å². The molecule has 0 aromatic heterocycles. The highest BCUT2D eigenvalue weighted by atomic mass is 127. The Balaban J connectivity index is 2.70. The van der Waals surface area contributed by atoms with E-state index in [0.717, 1.165) is 13.2 Å². The third kappa shape index (κ3) is 3.38. The van der Waals surface area contributed by atoms with Gasteiger partial charge >= 0.3 is 5.69 Å². The van der Waals surface area contributed by atoms with Crippen LogP contribution in [0.25, 0.3) is 0 Å². The first kappa shape index (κ1) is 17.1.